The molecule has 0 aliphatic carbocycles. The average Bonchev–Trinajstić information content (AvgIpc) is 2.59. The summed E-state index contributed by atoms with van der Waals surface area (Å²) >= 11 is 3.35. The molecule has 1 amide bonds. The first-order chi connectivity index (χ1) is 11.4. The zero-order valence-corrected chi connectivity index (χ0v) is 16.8. The molecule has 0 aliphatic heterocycles. The molecule has 0 aliphatic rings. The number of carbonyl (C=O) groups excluding carboxylic acids is 1. The Bertz CT molecular complexity index is 790. The molecular weight excluding hydrogens is 408 g/mol. The van der Waals surface area contributed by atoms with Gasteiger partial charge in [0.15, 0.2) is 0 Å². The van der Waals surface area contributed by atoms with E-state index in [1.54, 1.807) is 12.1 Å². The predicted molar refractivity (Wildman–Crippen MR) is 106 cm³/mol. The zero-order valence-electron chi connectivity index (χ0n) is 14.4. The van der Waals surface area contributed by atoms with Gasteiger partial charge in [0, 0.05) is 29.5 Å². The lowest BCUT2D eigenvalue weighted by Crippen LogP contribution is -2.49. The first-order valence-electron chi connectivity index (χ1n) is 8.09. The number of rotatable bonds is 7. The summed E-state index contributed by atoms with van der Waals surface area (Å²) in [5, 5.41) is 3.39. The van der Waals surface area contributed by atoms with Crippen molar-refractivity contribution < 1.29 is 4.79 Å². The Hall–Kier alpha value is -1.44. The van der Waals surface area contributed by atoms with E-state index >= 15 is 0 Å². The highest BCUT2D eigenvalue weighted by atomic mass is 79.9. The minimum atomic E-state index is -0.372. The fourth-order valence-corrected chi connectivity index (χ4v) is 2.74. The summed E-state index contributed by atoms with van der Waals surface area (Å²) in [4.78, 5) is 28.7. The predicted octanol–water partition coefficient (Wildman–Crippen LogP) is 2.60. The lowest BCUT2D eigenvalue weighted by atomic mass is 9.94. The second kappa shape index (κ2) is 9.31. The van der Waals surface area contributed by atoms with E-state index in [1.165, 1.54) is 10.9 Å². The molecule has 2 aromatic rings. The minimum absolute atomic E-state index is 0. The van der Waals surface area contributed by atoms with Crippen LogP contribution in [0.4, 0.5) is 0 Å². The third-order valence-corrected chi connectivity index (χ3v) is 4.90. The van der Waals surface area contributed by atoms with Gasteiger partial charge in [0.2, 0.25) is 5.91 Å². The summed E-state index contributed by atoms with van der Waals surface area (Å²) < 4.78 is 2.28. The Morgan fingerprint density at radius 3 is 2.68 bits per heavy atom. The maximum atomic E-state index is 12.5. The molecule has 0 fully saturated rings. The normalized spacial score (nSPS) is 11.2. The lowest BCUT2D eigenvalue weighted by molar-refractivity contribution is -0.121. The molecular formula is C17H24BrClN4O2. The number of aromatic nitrogens is 2. The van der Waals surface area contributed by atoms with Crippen LogP contribution in [0, 0.1) is 0 Å². The maximum Gasteiger partial charge on any atom is 0.261 e. The van der Waals surface area contributed by atoms with Crippen LogP contribution in [0.3, 0.4) is 0 Å². The number of hydrogen-bond donors (Lipinski definition) is 2. The van der Waals surface area contributed by atoms with Crippen LogP contribution in [0.25, 0.3) is 10.9 Å². The van der Waals surface area contributed by atoms with E-state index in [1.807, 2.05) is 19.9 Å². The SMILES string of the molecule is CCC(N)(CC)CNC(=O)CCn1cnc2ccc(Br)cc2c1=O.Cl. The van der Waals surface area contributed by atoms with Gasteiger partial charge in [-0.1, -0.05) is 29.8 Å². The van der Waals surface area contributed by atoms with Crippen LogP contribution in [-0.4, -0.2) is 27.5 Å². The Labute approximate surface area is 161 Å². The van der Waals surface area contributed by atoms with Crippen molar-refractivity contribution in [3.8, 4) is 0 Å². The van der Waals surface area contributed by atoms with Crippen molar-refractivity contribution in [2.75, 3.05) is 6.54 Å². The van der Waals surface area contributed by atoms with Crippen molar-refractivity contribution in [3.63, 3.8) is 0 Å². The van der Waals surface area contributed by atoms with Gasteiger partial charge in [0.05, 0.1) is 17.2 Å². The van der Waals surface area contributed by atoms with Gasteiger partial charge in [-0.25, -0.2) is 4.98 Å². The molecule has 8 heteroatoms. The zero-order chi connectivity index (χ0) is 17.7. The van der Waals surface area contributed by atoms with Crippen LogP contribution < -0.4 is 16.6 Å². The van der Waals surface area contributed by atoms with Crippen molar-refractivity contribution >= 4 is 45.1 Å². The average molecular weight is 432 g/mol. The molecule has 1 heterocycles. The van der Waals surface area contributed by atoms with Gasteiger partial charge >= 0.3 is 0 Å². The number of fused-ring (bicyclic) bond motifs is 1. The maximum absolute atomic E-state index is 12.5. The summed E-state index contributed by atoms with van der Waals surface area (Å²) in [6.45, 7) is 4.74. The number of nitrogens with two attached hydrogens (primary N) is 1. The third-order valence-electron chi connectivity index (χ3n) is 4.41. The number of halogens is 2. The van der Waals surface area contributed by atoms with Gasteiger partial charge < -0.3 is 11.1 Å². The largest absolute Gasteiger partial charge is 0.354 e. The topological polar surface area (TPSA) is 90.0 Å². The quantitative estimate of drug-likeness (QED) is 0.705. The molecule has 138 valence electrons. The van der Waals surface area contributed by atoms with E-state index in [-0.39, 0.29) is 42.4 Å². The second-order valence-electron chi connectivity index (χ2n) is 6.00. The molecule has 0 spiro atoms. The molecule has 3 N–H and O–H groups in total. The van der Waals surface area contributed by atoms with Gasteiger partial charge in [-0.15, -0.1) is 12.4 Å². The van der Waals surface area contributed by atoms with Gasteiger partial charge in [-0.2, -0.15) is 0 Å². The third kappa shape index (κ3) is 5.52. The number of hydrogen-bond acceptors (Lipinski definition) is 4. The molecule has 0 bridgehead atoms. The van der Waals surface area contributed by atoms with Gasteiger partial charge in [-0.05, 0) is 31.0 Å². The molecule has 0 saturated heterocycles. The van der Waals surface area contributed by atoms with E-state index in [4.69, 9.17) is 5.73 Å². The molecule has 0 unspecified atom stereocenters. The molecule has 0 saturated carbocycles. The number of nitrogens with zero attached hydrogens (tertiary/aromatic N) is 2. The van der Waals surface area contributed by atoms with Crippen molar-refractivity contribution in [2.45, 2.75) is 45.2 Å². The van der Waals surface area contributed by atoms with Crippen LogP contribution in [0.5, 0.6) is 0 Å². The van der Waals surface area contributed by atoms with Crippen LogP contribution in [-0.2, 0) is 11.3 Å². The van der Waals surface area contributed by atoms with E-state index in [2.05, 4.69) is 26.2 Å². The van der Waals surface area contributed by atoms with Crippen molar-refractivity contribution in [3.05, 3.63) is 39.4 Å². The number of amides is 1. The van der Waals surface area contributed by atoms with Crippen LogP contribution in [0.15, 0.2) is 33.8 Å². The number of carbonyl (C=O) groups is 1. The molecule has 2 rings (SSSR count). The summed E-state index contributed by atoms with van der Waals surface area (Å²) in [5.41, 5.74) is 6.29. The van der Waals surface area contributed by atoms with Gasteiger partial charge in [0.1, 0.15) is 0 Å². The van der Waals surface area contributed by atoms with Gasteiger partial charge in [-0.3, -0.25) is 14.2 Å². The van der Waals surface area contributed by atoms with Gasteiger partial charge in [0.25, 0.3) is 5.56 Å². The second-order valence-corrected chi connectivity index (χ2v) is 6.92. The monoisotopic (exact) mass is 430 g/mol. The molecule has 0 radical (unpaired) electrons. The van der Waals surface area contributed by atoms with Crippen LogP contribution in [0.2, 0.25) is 0 Å². The fraction of sp³-hybridized carbons (Fsp3) is 0.471. The first kappa shape index (κ1) is 21.6. The minimum Gasteiger partial charge on any atom is -0.354 e. The van der Waals surface area contributed by atoms with E-state index in [9.17, 15) is 9.59 Å². The molecule has 1 aromatic heterocycles. The molecule has 25 heavy (non-hydrogen) atoms. The Morgan fingerprint density at radius 2 is 2.04 bits per heavy atom. The first-order valence-corrected chi connectivity index (χ1v) is 8.88. The highest BCUT2D eigenvalue weighted by molar-refractivity contribution is 9.10. The standard InChI is InChI=1S/C17H23BrN4O2.ClH/c1-3-17(19,4-2)10-20-15(23)7-8-22-11-21-14-6-5-12(18)9-13(14)16(22)24;/h5-6,9,11H,3-4,7-8,10,19H2,1-2H3,(H,20,23);1H. The van der Waals surface area contributed by atoms with Crippen molar-refractivity contribution in [2.24, 2.45) is 5.73 Å². The number of aryl methyl sites for hydroxylation is 1. The smallest absolute Gasteiger partial charge is 0.261 e. The fourth-order valence-electron chi connectivity index (χ4n) is 2.38. The highest BCUT2D eigenvalue weighted by Gasteiger charge is 2.20. The highest BCUT2D eigenvalue weighted by Crippen LogP contribution is 2.15. The van der Waals surface area contributed by atoms with Crippen LogP contribution in [0.1, 0.15) is 33.1 Å². The summed E-state index contributed by atoms with van der Waals surface area (Å²) in [7, 11) is 0. The van der Waals surface area contributed by atoms with Crippen molar-refractivity contribution in [1.29, 1.82) is 0 Å². The molecule has 1 aromatic carbocycles. The Kier molecular flexibility index (Phi) is 8.05. The Morgan fingerprint density at radius 1 is 1.36 bits per heavy atom. The van der Waals surface area contributed by atoms with Crippen molar-refractivity contribution in [1.82, 2.24) is 14.9 Å². The number of benzene rings is 1. The summed E-state index contributed by atoms with van der Waals surface area (Å²) in [6, 6.07) is 5.37. The molecule has 6 nitrogen and oxygen atoms in total. The summed E-state index contributed by atoms with van der Waals surface area (Å²) in [5.74, 6) is -0.118. The number of nitrogens with one attached hydrogen (secondary N) is 1. The lowest BCUT2D eigenvalue weighted by Gasteiger charge is -2.26. The van der Waals surface area contributed by atoms with E-state index in [0.717, 1.165) is 17.3 Å². The Balaban J connectivity index is 0.00000312. The summed E-state index contributed by atoms with van der Waals surface area (Å²) in [6.07, 6.45) is 3.29. The van der Waals surface area contributed by atoms with E-state index < -0.39 is 0 Å². The van der Waals surface area contributed by atoms with E-state index in [0.29, 0.717) is 17.4 Å². The van der Waals surface area contributed by atoms with Crippen LogP contribution >= 0.6 is 28.3 Å². The molecule has 0 atom stereocenters.